The zero-order valence-corrected chi connectivity index (χ0v) is 15.5. The standard InChI is InChI=1S/C22H16N2O5/c1-14-5-8-21-19(9-14)20(11-15-3-2-4-16(10-15)24(27)28)22(26)23(21)12-17-6-7-18(13-25)29-17/h2-11,13H,12H2,1H3/b20-11-. The van der Waals surface area contributed by atoms with Crippen LogP contribution >= 0.6 is 0 Å². The number of hydrogen-bond donors (Lipinski definition) is 0. The van der Waals surface area contributed by atoms with Gasteiger partial charge in [0.05, 0.1) is 17.2 Å². The highest BCUT2D eigenvalue weighted by Crippen LogP contribution is 2.39. The van der Waals surface area contributed by atoms with Crippen molar-refractivity contribution in [2.24, 2.45) is 0 Å². The second kappa shape index (κ2) is 7.20. The Morgan fingerprint density at radius 2 is 1.97 bits per heavy atom. The SMILES string of the molecule is Cc1ccc2c(c1)/C(=C/c1cccc([N+](=O)[O-])c1)C(=O)N2Cc1ccc(C=O)o1. The molecule has 7 nitrogen and oxygen atoms in total. The van der Waals surface area contributed by atoms with E-state index in [1.165, 1.54) is 12.1 Å². The maximum Gasteiger partial charge on any atom is 0.270 e. The molecular weight excluding hydrogens is 372 g/mol. The smallest absolute Gasteiger partial charge is 0.270 e. The van der Waals surface area contributed by atoms with Crippen LogP contribution < -0.4 is 4.90 Å². The van der Waals surface area contributed by atoms with Crippen molar-refractivity contribution in [3.05, 3.63) is 92.9 Å². The maximum atomic E-state index is 13.2. The highest BCUT2D eigenvalue weighted by atomic mass is 16.6. The first-order valence-electron chi connectivity index (χ1n) is 8.89. The summed E-state index contributed by atoms with van der Waals surface area (Å²) in [5, 5.41) is 11.1. The maximum absolute atomic E-state index is 13.2. The van der Waals surface area contributed by atoms with E-state index in [-0.39, 0.29) is 23.9 Å². The Morgan fingerprint density at radius 1 is 1.14 bits per heavy atom. The van der Waals surface area contributed by atoms with E-state index in [0.29, 0.717) is 23.2 Å². The van der Waals surface area contributed by atoms with Crippen molar-refractivity contribution in [2.75, 3.05) is 4.90 Å². The molecule has 0 bridgehead atoms. The Kier molecular flexibility index (Phi) is 4.56. The van der Waals surface area contributed by atoms with Crippen molar-refractivity contribution in [3.8, 4) is 0 Å². The highest BCUT2D eigenvalue weighted by Gasteiger charge is 2.33. The monoisotopic (exact) mass is 388 g/mol. The summed E-state index contributed by atoms with van der Waals surface area (Å²) < 4.78 is 5.42. The number of carbonyl (C=O) groups is 2. The van der Waals surface area contributed by atoms with Crippen molar-refractivity contribution >= 4 is 35.2 Å². The molecule has 144 valence electrons. The van der Waals surface area contributed by atoms with Gasteiger partial charge in [0.15, 0.2) is 12.0 Å². The predicted octanol–water partition coefficient (Wildman–Crippen LogP) is 4.40. The quantitative estimate of drug-likeness (QED) is 0.280. The summed E-state index contributed by atoms with van der Waals surface area (Å²) >= 11 is 0. The lowest BCUT2D eigenvalue weighted by atomic mass is 10.0. The number of fused-ring (bicyclic) bond motifs is 1. The predicted molar refractivity (Wildman–Crippen MR) is 107 cm³/mol. The number of anilines is 1. The molecule has 0 saturated carbocycles. The number of carbonyl (C=O) groups excluding carboxylic acids is 2. The summed E-state index contributed by atoms with van der Waals surface area (Å²) in [5.74, 6) is 0.452. The molecule has 0 N–H and O–H groups in total. The fourth-order valence-corrected chi connectivity index (χ4v) is 3.36. The molecule has 7 heteroatoms. The van der Waals surface area contributed by atoms with Gasteiger partial charge in [-0.3, -0.25) is 19.7 Å². The number of hydrogen-bond acceptors (Lipinski definition) is 5. The second-order valence-electron chi connectivity index (χ2n) is 6.74. The molecule has 1 aliphatic heterocycles. The Balaban J connectivity index is 1.76. The number of non-ortho nitro benzene ring substituents is 1. The average molecular weight is 388 g/mol. The highest BCUT2D eigenvalue weighted by molar-refractivity contribution is 6.35. The third-order valence-corrected chi connectivity index (χ3v) is 4.71. The van der Waals surface area contributed by atoms with E-state index in [1.807, 2.05) is 25.1 Å². The van der Waals surface area contributed by atoms with Gasteiger partial charge in [0.25, 0.3) is 11.6 Å². The van der Waals surface area contributed by atoms with Gasteiger partial charge in [-0.1, -0.05) is 23.8 Å². The molecule has 1 aromatic heterocycles. The van der Waals surface area contributed by atoms with E-state index in [0.717, 1.165) is 16.8 Å². The van der Waals surface area contributed by atoms with Crippen LogP contribution in [0.5, 0.6) is 0 Å². The number of nitro benzene ring substituents is 1. The van der Waals surface area contributed by atoms with Gasteiger partial charge in [0, 0.05) is 23.3 Å². The summed E-state index contributed by atoms with van der Waals surface area (Å²) in [5.41, 5.74) is 3.45. The summed E-state index contributed by atoms with van der Waals surface area (Å²) in [6.07, 6.45) is 2.27. The number of aryl methyl sites for hydroxylation is 1. The fourth-order valence-electron chi connectivity index (χ4n) is 3.36. The largest absolute Gasteiger partial charge is 0.456 e. The van der Waals surface area contributed by atoms with E-state index in [2.05, 4.69) is 0 Å². The number of rotatable bonds is 5. The fraction of sp³-hybridized carbons (Fsp3) is 0.0909. The molecule has 4 rings (SSSR count). The Bertz CT molecular complexity index is 1180. The van der Waals surface area contributed by atoms with Crippen LogP contribution in [-0.4, -0.2) is 17.1 Å². The lowest BCUT2D eigenvalue weighted by molar-refractivity contribution is -0.384. The lowest BCUT2D eigenvalue weighted by Gasteiger charge is -2.15. The molecule has 3 aromatic rings. The van der Waals surface area contributed by atoms with Gasteiger partial charge in [-0.25, -0.2) is 0 Å². The molecular formula is C22H16N2O5. The molecule has 29 heavy (non-hydrogen) atoms. The molecule has 1 aliphatic rings. The van der Waals surface area contributed by atoms with Gasteiger partial charge in [-0.2, -0.15) is 0 Å². The molecule has 0 aliphatic carbocycles. The normalized spacial score (nSPS) is 14.3. The van der Waals surface area contributed by atoms with Crippen LogP contribution in [0.1, 0.15) is 33.0 Å². The minimum Gasteiger partial charge on any atom is -0.456 e. The number of aldehydes is 1. The van der Waals surface area contributed by atoms with Gasteiger partial charge >= 0.3 is 0 Å². The number of nitrogens with zero attached hydrogens (tertiary/aromatic N) is 2. The minimum absolute atomic E-state index is 0.0388. The van der Waals surface area contributed by atoms with Crippen LogP contribution in [-0.2, 0) is 11.3 Å². The third-order valence-electron chi connectivity index (χ3n) is 4.71. The molecule has 2 aromatic carbocycles. The zero-order valence-electron chi connectivity index (χ0n) is 15.5. The van der Waals surface area contributed by atoms with Crippen LogP contribution in [0.2, 0.25) is 0 Å². The van der Waals surface area contributed by atoms with Gasteiger partial charge in [0.2, 0.25) is 0 Å². The Labute approximate surface area is 166 Å². The first kappa shape index (κ1) is 18.4. The van der Waals surface area contributed by atoms with E-state index in [9.17, 15) is 19.7 Å². The Morgan fingerprint density at radius 3 is 2.69 bits per heavy atom. The molecule has 2 heterocycles. The molecule has 0 saturated heterocycles. The van der Waals surface area contributed by atoms with Gasteiger partial charge in [0.1, 0.15) is 5.76 Å². The first-order valence-corrected chi connectivity index (χ1v) is 8.89. The van der Waals surface area contributed by atoms with Crippen molar-refractivity contribution < 1.29 is 18.9 Å². The molecule has 0 fully saturated rings. The summed E-state index contributed by atoms with van der Waals surface area (Å²) in [7, 11) is 0. The van der Waals surface area contributed by atoms with Crippen molar-refractivity contribution in [2.45, 2.75) is 13.5 Å². The van der Waals surface area contributed by atoms with Crippen molar-refractivity contribution in [1.29, 1.82) is 0 Å². The molecule has 0 atom stereocenters. The summed E-state index contributed by atoms with van der Waals surface area (Å²) in [6, 6.07) is 15.0. The molecule has 0 unspecified atom stereocenters. The second-order valence-corrected chi connectivity index (χ2v) is 6.74. The van der Waals surface area contributed by atoms with Gasteiger partial charge in [-0.05, 0) is 42.8 Å². The van der Waals surface area contributed by atoms with Crippen LogP contribution in [0.3, 0.4) is 0 Å². The van der Waals surface area contributed by atoms with Gasteiger partial charge in [-0.15, -0.1) is 0 Å². The lowest BCUT2D eigenvalue weighted by Crippen LogP contribution is -2.25. The molecule has 1 amide bonds. The molecule has 0 spiro atoms. The van der Waals surface area contributed by atoms with Gasteiger partial charge < -0.3 is 9.32 Å². The van der Waals surface area contributed by atoms with E-state index < -0.39 is 4.92 Å². The minimum atomic E-state index is -0.468. The number of furan rings is 1. The number of benzene rings is 2. The zero-order chi connectivity index (χ0) is 20.5. The molecule has 0 radical (unpaired) electrons. The number of amides is 1. The topological polar surface area (TPSA) is 93.7 Å². The van der Waals surface area contributed by atoms with E-state index in [1.54, 1.807) is 35.2 Å². The van der Waals surface area contributed by atoms with E-state index in [4.69, 9.17) is 4.42 Å². The van der Waals surface area contributed by atoms with Crippen molar-refractivity contribution in [1.82, 2.24) is 0 Å². The average Bonchev–Trinajstić information content (AvgIpc) is 3.26. The van der Waals surface area contributed by atoms with E-state index >= 15 is 0 Å². The van der Waals surface area contributed by atoms with Crippen molar-refractivity contribution in [3.63, 3.8) is 0 Å². The van der Waals surface area contributed by atoms with Crippen LogP contribution in [0.15, 0.2) is 59.0 Å². The summed E-state index contributed by atoms with van der Waals surface area (Å²) in [4.78, 5) is 36.2. The summed E-state index contributed by atoms with van der Waals surface area (Å²) in [6.45, 7) is 2.11. The van der Waals surface area contributed by atoms with Crippen LogP contribution in [0.4, 0.5) is 11.4 Å². The first-order chi connectivity index (χ1) is 14.0. The Hall–Kier alpha value is -4.00. The third kappa shape index (κ3) is 3.45. The van der Waals surface area contributed by atoms with Crippen LogP contribution in [0, 0.1) is 17.0 Å². The van der Waals surface area contributed by atoms with Crippen LogP contribution in [0.25, 0.3) is 11.6 Å². The number of nitro groups is 1.